The number of hydrogen-bond acceptors (Lipinski definition) is 5. The summed E-state index contributed by atoms with van der Waals surface area (Å²) in [6.07, 6.45) is 34.8. The zero-order chi connectivity index (χ0) is 29.3. The highest BCUT2D eigenvalue weighted by Crippen LogP contribution is 2.46. The van der Waals surface area contributed by atoms with Crippen molar-refractivity contribution in [2.45, 2.75) is 114 Å². The Balaban J connectivity index is 1.15. The van der Waals surface area contributed by atoms with Gasteiger partial charge in [-0.25, -0.2) is 0 Å². The molecule has 44 heavy (non-hydrogen) atoms. The van der Waals surface area contributed by atoms with E-state index >= 15 is 0 Å². The van der Waals surface area contributed by atoms with E-state index < -0.39 is 0 Å². The summed E-state index contributed by atoms with van der Waals surface area (Å²) in [5.74, 6) is 1.96. The van der Waals surface area contributed by atoms with E-state index in [-0.39, 0.29) is 0 Å². The normalized spacial score (nSPS) is 33.7. The van der Waals surface area contributed by atoms with Crippen LogP contribution in [0, 0.1) is 17.8 Å². The second kappa shape index (κ2) is 12.8. The first-order chi connectivity index (χ1) is 21.8. The summed E-state index contributed by atoms with van der Waals surface area (Å²) in [5.41, 5.74) is 8.28. The lowest BCUT2D eigenvalue weighted by molar-refractivity contribution is 0.220. The largest absolute Gasteiger partial charge is 0.387 e. The topological polar surface area (TPSA) is 51.4 Å². The number of nitrogens with one attached hydrogen (secondary N) is 4. The lowest BCUT2D eigenvalue weighted by Crippen LogP contribution is -2.53. The van der Waals surface area contributed by atoms with Crippen LogP contribution in [0.15, 0.2) is 72.1 Å². The molecule has 0 spiro atoms. The molecule has 1 saturated carbocycles. The van der Waals surface area contributed by atoms with Gasteiger partial charge >= 0.3 is 0 Å². The van der Waals surface area contributed by atoms with Crippen molar-refractivity contribution in [2.75, 3.05) is 23.3 Å². The molecule has 0 aromatic heterocycles. The highest BCUT2D eigenvalue weighted by molar-refractivity contribution is 5.77. The van der Waals surface area contributed by atoms with E-state index in [1.165, 1.54) is 124 Å². The second-order valence-corrected chi connectivity index (χ2v) is 14.6. The van der Waals surface area contributed by atoms with E-state index in [0.717, 1.165) is 19.0 Å². The van der Waals surface area contributed by atoms with E-state index in [4.69, 9.17) is 0 Å². The molecule has 8 rings (SSSR count). The summed E-state index contributed by atoms with van der Waals surface area (Å²) in [7, 11) is 0. The van der Waals surface area contributed by atoms with Gasteiger partial charge in [-0.05, 0) is 107 Å². The van der Waals surface area contributed by atoms with E-state index in [1.54, 1.807) is 0 Å². The summed E-state index contributed by atoms with van der Waals surface area (Å²) >= 11 is 0. The molecule has 234 valence electrons. The fourth-order valence-electron chi connectivity index (χ4n) is 9.60. The lowest BCUT2D eigenvalue weighted by atomic mass is 9.78. The molecule has 5 nitrogen and oxygen atoms in total. The van der Waals surface area contributed by atoms with E-state index in [9.17, 15) is 0 Å². The number of nitrogens with zero attached hydrogens (tertiary/aromatic N) is 1. The molecule has 3 aliphatic carbocycles. The summed E-state index contributed by atoms with van der Waals surface area (Å²) in [6.45, 7) is 2.28. The number of hydrogen-bond donors (Lipinski definition) is 4. The summed E-state index contributed by atoms with van der Waals surface area (Å²) < 4.78 is 0. The first kappa shape index (κ1) is 28.5. The zero-order valence-electron chi connectivity index (χ0n) is 26.6. The Morgan fingerprint density at radius 1 is 0.795 bits per heavy atom. The molecular formula is C39H53N5. The predicted octanol–water partition coefficient (Wildman–Crippen LogP) is 7.77. The summed E-state index contributed by atoms with van der Waals surface area (Å²) in [6, 6.07) is 9.25. The van der Waals surface area contributed by atoms with Crippen molar-refractivity contribution in [2.24, 2.45) is 17.8 Å². The van der Waals surface area contributed by atoms with E-state index in [1.807, 2.05) is 0 Å². The smallest absolute Gasteiger partial charge is 0.0603 e. The molecule has 6 unspecified atom stereocenters. The van der Waals surface area contributed by atoms with E-state index in [0.29, 0.717) is 36.0 Å². The van der Waals surface area contributed by atoms with Crippen molar-refractivity contribution in [3.05, 3.63) is 77.7 Å². The number of rotatable bonds is 6. The molecule has 0 amide bonds. The van der Waals surface area contributed by atoms with Gasteiger partial charge in [0.1, 0.15) is 0 Å². The van der Waals surface area contributed by atoms with Crippen LogP contribution in [-0.4, -0.2) is 37.3 Å². The van der Waals surface area contributed by atoms with Gasteiger partial charge < -0.3 is 26.2 Å². The standard InChI is InChI=1S/C39H53N5/c1-3-12-27(13-4-1)33-17-9-18-34(43-33)29-24-30(42-35-19-10-22-40-38(35)28-14-5-2-6-15-28)26-31(25-29)44-36-20-8-7-16-32(36)39-37(44)21-11-23-41-39/h3,8-9,12,17-18,20,24-28,32-33,35-36,38,40-43H,1-2,4-7,10-11,13-16,19,21-23H2. The molecule has 4 aliphatic heterocycles. The number of fused-ring (bicyclic) bond motifs is 2. The Labute approximate surface area is 265 Å². The molecule has 0 bridgehead atoms. The van der Waals surface area contributed by atoms with Crippen molar-refractivity contribution in [1.82, 2.24) is 16.0 Å². The van der Waals surface area contributed by atoms with Gasteiger partial charge in [0, 0.05) is 64.5 Å². The number of allylic oxidation sites excluding steroid dienone is 5. The van der Waals surface area contributed by atoms with Crippen LogP contribution in [0.1, 0.15) is 95.5 Å². The molecule has 6 atom stereocenters. The van der Waals surface area contributed by atoms with Gasteiger partial charge in [-0.2, -0.15) is 0 Å². The van der Waals surface area contributed by atoms with Gasteiger partial charge in [0.25, 0.3) is 0 Å². The average Bonchev–Trinajstić information content (AvgIpc) is 3.44. The van der Waals surface area contributed by atoms with Gasteiger partial charge in [0.05, 0.1) is 12.1 Å². The minimum absolute atomic E-state index is 0.360. The maximum atomic E-state index is 4.17. The number of piperidine rings is 1. The molecule has 7 aliphatic rings. The molecule has 1 aromatic carbocycles. The first-order valence-electron chi connectivity index (χ1n) is 18.2. The molecule has 1 saturated heterocycles. The monoisotopic (exact) mass is 591 g/mol. The molecule has 4 heterocycles. The average molecular weight is 592 g/mol. The molecule has 5 heteroatoms. The third kappa shape index (κ3) is 5.66. The highest BCUT2D eigenvalue weighted by Gasteiger charge is 2.42. The second-order valence-electron chi connectivity index (χ2n) is 14.6. The molecule has 2 fully saturated rings. The minimum atomic E-state index is 0.360. The maximum absolute atomic E-state index is 4.17. The van der Waals surface area contributed by atoms with Crippen molar-refractivity contribution in [3.63, 3.8) is 0 Å². The molecule has 4 N–H and O–H groups in total. The van der Waals surface area contributed by atoms with Crippen LogP contribution in [0.4, 0.5) is 11.4 Å². The highest BCUT2D eigenvalue weighted by atomic mass is 15.2. The molecule has 0 radical (unpaired) electrons. The van der Waals surface area contributed by atoms with Crippen LogP contribution in [0.5, 0.6) is 0 Å². The van der Waals surface area contributed by atoms with Crippen molar-refractivity contribution < 1.29 is 0 Å². The maximum Gasteiger partial charge on any atom is 0.0603 e. The first-order valence-corrected chi connectivity index (χ1v) is 18.2. The van der Waals surface area contributed by atoms with Crippen molar-refractivity contribution in [1.29, 1.82) is 0 Å². The quantitative estimate of drug-likeness (QED) is 0.255. The molecular weight excluding hydrogens is 538 g/mol. The van der Waals surface area contributed by atoms with Crippen LogP contribution in [-0.2, 0) is 0 Å². The Morgan fingerprint density at radius 2 is 1.73 bits per heavy atom. The Morgan fingerprint density at radius 3 is 2.64 bits per heavy atom. The Hall–Kier alpha value is -2.92. The Kier molecular flexibility index (Phi) is 8.32. The summed E-state index contributed by atoms with van der Waals surface area (Å²) in [5, 5.41) is 16.0. The van der Waals surface area contributed by atoms with Crippen molar-refractivity contribution in [3.8, 4) is 0 Å². The van der Waals surface area contributed by atoms with Gasteiger partial charge in [-0.1, -0.05) is 55.7 Å². The van der Waals surface area contributed by atoms with Crippen LogP contribution in [0.2, 0.25) is 0 Å². The van der Waals surface area contributed by atoms with Crippen LogP contribution in [0.25, 0.3) is 5.70 Å². The SMILES string of the molecule is C1=CC(C2C=CCCC2)NC(c2cc(NC3CCCNC3C3CCCCC3)cc(N3C4=C(NCCC4)C4CCC=CC43)c2)=C1. The Bertz CT molecular complexity index is 1350. The number of dihydropyridines is 1. The number of anilines is 2. The van der Waals surface area contributed by atoms with Gasteiger partial charge in [0.2, 0.25) is 0 Å². The van der Waals surface area contributed by atoms with Gasteiger partial charge in [-0.3, -0.25) is 0 Å². The van der Waals surface area contributed by atoms with Crippen LogP contribution < -0.4 is 26.2 Å². The molecule has 1 aromatic rings. The fourth-order valence-corrected chi connectivity index (χ4v) is 9.60. The third-order valence-electron chi connectivity index (χ3n) is 11.7. The zero-order valence-corrected chi connectivity index (χ0v) is 26.6. The fraction of sp³-hybridized carbons (Fsp3) is 0.590. The number of benzene rings is 1. The van der Waals surface area contributed by atoms with Crippen LogP contribution >= 0.6 is 0 Å². The predicted molar refractivity (Wildman–Crippen MR) is 184 cm³/mol. The van der Waals surface area contributed by atoms with Crippen molar-refractivity contribution >= 4 is 17.1 Å². The lowest BCUT2D eigenvalue weighted by Gasteiger charge is -2.41. The van der Waals surface area contributed by atoms with Crippen LogP contribution in [0.3, 0.4) is 0 Å². The van der Waals surface area contributed by atoms with Gasteiger partial charge in [-0.15, -0.1) is 0 Å². The van der Waals surface area contributed by atoms with E-state index in [2.05, 4.69) is 86.9 Å². The third-order valence-corrected chi connectivity index (χ3v) is 11.7. The van der Waals surface area contributed by atoms with Gasteiger partial charge in [0.15, 0.2) is 0 Å². The summed E-state index contributed by atoms with van der Waals surface area (Å²) in [4.78, 5) is 2.72. The minimum Gasteiger partial charge on any atom is -0.387 e.